The second-order valence-electron chi connectivity index (χ2n) is 9.33. The zero-order valence-corrected chi connectivity index (χ0v) is 20.7. The van der Waals surface area contributed by atoms with Crippen LogP contribution < -0.4 is 5.32 Å². The minimum Gasteiger partial charge on any atom is -0.381 e. The Balaban J connectivity index is 1.61. The van der Waals surface area contributed by atoms with Gasteiger partial charge in [-0.3, -0.25) is 4.98 Å². The van der Waals surface area contributed by atoms with Crippen LogP contribution in [0.25, 0.3) is 22.0 Å². The predicted octanol–water partition coefficient (Wildman–Crippen LogP) is 8.74. The number of alkyl halides is 3. The van der Waals surface area contributed by atoms with Gasteiger partial charge >= 0.3 is 6.18 Å². The van der Waals surface area contributed by atoms with Crippen molar-refractivity contribution in [3.05, 3.63) is 131 Å². The van der Waals surface area contributed by atoms with Crippen molar-refractivity contribution in [2.75, 3.05) is 5.32 Å². The minimum atomic E-state index is -4.49. The molecule has 5 heteroatoms. The summed E-state index contributed by atoms with van der Waals surface area (Å²) in [4.78, 5) is 4.31. The Morgan fingerprint density at radius 3 is 2.22 bits per heavy atom. The zero-order valence-electron chi connectivity index (χ0n) is 20.7. The van der Waals surface area contributed by atoms with Crippen LogP contribution >= 0.6 is 0 Å². The highest BCUT2D eigenvalue weighted by molar-refractivity contribution is 5.98. The van der Waals surface area contributed by atoms with Gasteiger partial charge in [0.05, 0.1) is 11.1 Å². The molecule has 5 aromatic rings. The molecule has 0 aliphatic rings. The highest BCUT2D eigenvalue weighted by Gasteiger charge is 2.33. The van der Waals surface area contributed by atoms with E-state index in [1.165, 1.54) is 22.8 Å². The molecule has 0 saturated carbocycles. The van der Waals surface area contributed by atoms with Crippen molar-refractivity contribution in [3.63, 3.8) is 0 Å². The van der Waals surface area contributed by atoms with Gasteiger partial charge in [-0.2, -0.15) is 13.2 Å². The highest BCUT2D eigenvalue weighted by Crippen LogP contribution is 2.39. The number of para-hydroxylation sites is 1. The van der Waals surface area contributed by atoms with Gasteiger partial charge < -0.3 is 5.32 Å². The molecule has 0 saturated heterocycles. The third kappa shape index (κ3) is 5.21. The molecule has 186 valence electrons. The summed E-state index contributed by atoms with van der Waals surface area (Å²) in [5.41, 5.74) is 7.40. The van der Waals surface area contributed by atoms with Crippen LogP contribution in [0.2, 0.25) is 0 Å². The van der Waals surface area contributed by atoms with Crippen LogP contribution in [-0.2, 0) is 19.1 Å². The number of nitrogens with zero attached hydrogens (tertiary/aromatic N) is 1. The topological polar surface area (TPSA) is 24.9 Å². The number of hydrogen-bond acceptors (Lipinski definition) is 2. The number of anilines is 1. The van der Waals surface area contributed by atoms with Crippen LogP contribution in [0.15, 0.2) is 97.2 Å². The largest absolute Gasteiger partial charge is 0.418 e. The van der Waals surface area contributed by atoms with E-state index in [9.17, 15) is 13.2 Å². The van der Waals surface area contributed by atoms with Crippen LogP contribution in [0.3, 0.4) is 0 Å². The molecular weight excluding hydrogens is 469 g/mol. The number of benzene rings is 4. The van der Waals surface area contributed by atoms with Crippen LogP contribution in [0, 0.1) is 13.8 Å². The van der Waals surface area contributed by atoms with Crippen molar-refractivity contribution in [3.8, 4) is 11.1 Å². The summed E-state index contributed by atoms with van der Waals surface area (Å²) in [5.74, 6) is 0. The van der Waals surface area contributed by atoms with E-state index in [0.29, 0.717) is 18.4 Å². The monoisotopic (exact) mass is 496 g/mol. The number of nitrogens with one attached hydrogen (secondary N) is 1. The van der Waals surface area contributed by atoms with Crippen LogP contribution in [0.4, 0.5) is 18.9 Å². The molecule has 0 bridgehead atoms. The smallest absolute Gasteiger partial charge is 0.381 e. The summed E-state index contributed by atoms with van der Waals surface area (Å²) in [6, 6.07) is 28.3. The first-order chi connectivity index (χ1) is 17.8. The maximum absolute atomic E-state index is 13.8. The third-order valence-corrected chi connectivity index (χ3v) is 6.78. The lowest BCUT2D eigenvalue weighted by Gasteiger charge is -2.17. The van der Waals surface area contributed by atoms with Crippen molar-refractivity contribution < 1.29 is 13.2 Å². The molecule has 0 spiro atoms. The Kier molecular flexibility index (Phi) is 6.70. The van der Waals surface area contributed by atoms with Crippen molar-refractivity contribution in [2.24, 2.45) is 0 Å². The quantitative estimate of drug-likeness (QED) is 0.254. The van der Waals surface area contributed by atoms with Gasteiger partial charge in [0.15, 0.2) is 0 Å². The number of hydrogen-bond donors (Lipinski definition) is 1. The Morgan fingerprint density at radius 1 is 0.784 bits per heavy atom. The summed E-state index contributed by atoms with van der Waals surface area (Å²) >= 11 is 0. The van der Waals surface area contributed by atoms with Gasteiger partial charge in [0.1, 0.15) is 0 Å². The van der Waals surface area contributed by atoms with Crippen LogP contribution in [0.5, 0.6) is 0 Å². The van der Waals surface area contributed by atoms with Gasteiger partial charge in [0.25, 0.3) is 0 Å². The average molecular weight is 497 g/mol. The molecule has 37 heavy (non-hydrogen) atoms. The third-order valence-electron chi connectivity index (χ3n) is 6.78. The first-order valence-electron chi connectivity index (χ1n) is 12.2. The Labute approximate surface area is 214 Å². The average Bonchev–Trinajstić information content (AvgIpc) is 2.88. The van der Waals surface area contributed by atoms with E-state index in [1.807, 2.05) is 60.7 Å². The summed E-state index contributed by atoms with van der Waals surface area (Å²) in [6.45, 7) is 4.85. The molecule has 5 rings (SSSR count). The molecule has 0 unspecified atom stereocenters. The van der Waals surface area contributed by atoms with E-state index in [2.05, 4.69) is 36.3 Å². The van der Waals surface area contributed by atoms with Gasteiger partial charge in [-0.25, -0.2) is 0 Å². The fourth-order valence-electron chi connectivity index (χ4n) is 4.89. The van der Waals surface area contributed by atoms with Crippen LogP contribution in [-0.4, -0.2) is 4.98 Å². The molecule has 4 aromatic carbocycles. The highest BCUT2D eigenvalue weighted by atomic mass is 19.4. The first kappa shape index (κ1) is 24.6. The summed E-state index contributed by atoms with van der Waals surface area (Å²) in [5, 5.41) is 4.01. The normalized spacial score (nSPS) is 11.6. The van der Waals surface area contributed by atoms with E-state index in [1.54, 1.807) is 12.3 Å². The first-order valence-corrected chi connectivity index (χ1v) is 12.2. The Hall–Kier alpha value is -4.12. The standard InChI is InChI=1S/C32H27F3N2/c1-21-9-6-10-22(2)28(21)20-36-26-14-7-13-24(18-26)30-25(17-23-11-4-3-5-12-23)19-37-31-27(30)15-8-16-29(31)32(33,34)35/h3-16,18-19,36H,17,20H2,1-2H3. The SMILES string of the molecule is Cc1cccc(C)c1CNc1cccc(-c2c(Cc3ccccc3)cnc3c(C(F)(F)F)cccc23)c1. The van der Waals surface area contributed by atoms with Gasteiger partial charge in [-0.05, 0) is 77.4 Å². The fraction of sp³-hybridized carbons (Fsp3) is 0.156. The van der Waals surface area contributed by atoms with Gasteiger partial charge in [0.2, 0.25) is 0 Å². The molecule has 0 atom stereocenters. The number of halogens is 3. The molecule has 0 aliphatic carbocycles. The summed E-state index contributed by atoms with van der Waals surface area (Å²) in [6.07, 6.45) is -2.33. The molecule has 0 amide bonds. The molecule has 1 N–H and O–H groups in total. The zero-order chi connectivity index (χ0) is 26.0. The van der Waals surface area contributed by atoms with Gasteiger partial charge in [-0.1, -0.05) is 72.8 Å². The Bertz CT molecular complexity index is 1540. The van der Waals surface area contributed by atoms with Crippen molar-refractivity contribution in [1.29, 1.82) is 0 Å². The Morgan fingerprint density at radius 2 is 1.49 bits per heavy atom. The number of pyridine rings is 1. The maximum Gasteiger partial charge on any atom is 0.418 e. The van der Waals surface area contributed by atoms with Crippen molar-refractivity contribution in [1.82, 2.24) is 4.98 Å². The van der Waals surface area contributed by atoms with Gasteiger partial charge in [-0.15, -0.1) is 0 Å². The number of aromatic nitrogens is 1. The maximum atomic E-state index is 13.8. The molecule has 0 radical (unpaired) electrons. The molecular formula is C32H27F3N2. The second-order valence-corrected chi connectivity index (χ2v) is 9.33. The number of aryl methyl sites for hydroxylation is 2. The van der Waals surface area contributed by atoms with E-state index in [4.69, 9.17) is 0 Å². The lowest BCUT2D eigenvalue weighted by molar-refractivity contribution is -0.136. The van der Waals surface area contributed by atoms with E-state index in [-0.39, 0.29) is 5.52 Å². The lowest BCUT2D eigenvalue weighted by Crippen LogP contribution is -2.07. The molecule has 0 fully saturated rings. The minimum absolute atomic E-state index is 0.0318. The predicted molar refractivity (Wildman–Crippen MR) is 145 cm³/mol. The lowest BCUT2D eigenvalue weighted by atomic mass is 9.91. The second kappa shape index (κ2) is 10.1. The molecule has 2 nitrogen and oxygen atoms in total. The van der Waals surface area contributed by atoms with Crippen molar-refractivity contribution >= 4 is 16.6 Å². The van der Waals surface area contributed by atoms with Gasteiger partial charge in [0, 0.05) is 23.8 Å². The van der Waals surface area contributed by atoms with E-state index < -0.39 is 11.7 Å². The van der Waals surface area contributed by atoms with Crippen molar-refractivity contribution in [2.45, 2.75) is 33.0 Å². The fourth-order valence-corrected chi connectivity index (χ4v) is 4.89. The van der Waals surface area contributed by atoms with Crippen LogP contribution in [0.1, 0.15) is 33.4 Å². The molecule has 1 heterocycles. The summed E-state index contributed by atoms with van der Waals surface area (Å²) in [7, 11) is 0. The molecule has 0 aliphatic heterocycles. The number of rotatable bonds is 6. The number of fused-ring (bicyclic) bond motifs is 1. The van der Waals surface area contributed by atoms with E-state index >= 15 is 0 Å². The summed E-state index contributed by atoms with van der Waals surface area (Å²) < 4.78 is 41.5. The van der Waals surface area contributed by atoms with E-state index in [0.717, 1.165) is 34.0 Å². The molecule has 1 aromatic heterocycles.